The van der Waals surface area contributed by atoms with Gasteiger partial charge in [0.2, 0.25) is 0 Å². The molecule has 3 heteroatoms. The Balaban J connectivity index is 0. The van der Waals surface area contributed by atoms with Crippen LogP contribution >= 0.6 is 0 Å². The number of aliphatic hydroxyl groups excluding tert-OH is 1. The van der Waals surface area contributed by atoms with Crippen LogP contribution in [0, 0.1) is 0 Å². The number of allylic oxidation sites excluding steroid dienone is 2. The fraction of sp³-hybridized carbons (Fsp3) is 0.800. The molecule has 0 heterocycles. The molecule has 0 unspecified atom stereocenters. The molecular weight excluding hydrogens is 228 g/mol. The van der Waals surface area contributed by atoms with Crippen molar-refractivity contribution >= 4 is 5.97 Å². The minimum Gasteiger partial charge on any atom is -0.481 e. The van der Waals surface area contributed by atoms with E-state index in [2.05, 4.69) is 19.1 Å². The van der Waals surface area contributed by atoms with Crippen molar-refractivity contribution in [3.05, 3.63) is 12.2 Å². The summed E-state index contributed by atoms with van der Waals surface area (Å²) in [5.41, 5.74) is 0. The summed E-state index contributed by atoms with van der Waals surface area (Å²) in [6.45, 7) is 3.68. The van der Waals surface area contributed by atoms with E-state index in [0.29, 0.717) is 6.61 Å². The molecule has 0 fully saturated rings. The summed E-state index contributed by atoms with van der Waals surface area (Å²) in [5, 5.41) is 16.0. The Morgan fingerprint density at radius 1 is 0.944 bits per heavy atom. The lowest BCUT2D eigenvalue weighted by Gasteiger charge is -1.96. The Hall–Kier alpha value is -0.830. The van der Waals surface area contributed by atoms with Gasteiger partial charge < -0.3 is 10.2 Å². The Bertz CT molecular complexity index is 184. The highest BCUT2D eigenvalue weighted by atomic mass is 16.4. The molecule has 108 valence electrons. The lowest BCUT2D eigenvalue weighted by Crippen LogP contribution is -1.82. The molecule has 0 aromatic rings. The monoisotopic (exact) mass is 258 g/mol. The molecule has 18 heavy (non-hydrogen) atoms. The Kier molecular flexibility index (Phi) is 20.1. The molecule has 3 nitrogen and oxygen atoms in total. The largest absolute Gasteiger partial charge is 0.481 e. The van der Waals surface area contributed by atoms with Gasteiger partial charge in [-0.2, -0.15) is 0 Å². The maximum atomic E-state index is 9.00. The van der Waals surface area contributed by atoms with Crippen molar-refractivity contribution in [2.75, 3.05) is 6.61 Å². The van der Waals surface area contributed by atoms with Gasteiger partial charge in [0.05, 0.1) is 0 Å². The first-order valence-electron chi connectivity index (χ1n) is 7.10. The molecule has 0 rings (SSSR count). The molecule has 0 amide bonds. The van der Waals surface area contributed by atoms with Crippen LogP contribution in [-0.4, -0.2) is 22.8 Å². The van der Waals surface area contributed by atoms with Crippen LogP contribution < -0.4 is 0 Å². The van der Waals surface area contributed by atoms with Gasteiger partial charge in [-0.1, -0.05) is 44.8 Å². The molecule has 0 radical (unpaired) electrons. The summed E-state index contributed by atoms with van der Waals surface area (Å²) in [6, 6.07) is 0. The van der Waals surface area contributed by atoms with Crippen LogP contribution in [0.25, 0.3) is 0 Å². The number of aliphatic hydroxyl groups is 1. The zero-order valence-electron chi connectivity index (χ0n) is 12.0. The van der Waals surface area contributed by atoms with Gasteiger partial charge in [0.1, 0.15) is 0 Å². The normalized spacial score (nSPS) is 10.2. The average molecular weight is 258 g/mol. The van der Waals surface area contributed by atoms with Gasteiger partial charge >= 0.3 is 0 Å². The Morgan fingerprint density at radius 2 is 1.39 bits per heavy atom. The number of carboxylic acid groups (broad SMARTS) is 1. The minimum atomic E-state index is -0.833. The van der Waals surface area contributed by atoms with E-state index in [1.807, 2.05) is 0 Å². The second-order valence-electron chi connectivity index (χ2n) is 4.41. The highest BCUT2D eigenvalue weighted by Gasteiger charge is 1.87. The SMILES string of the molecule is CC(=O)O.CCCCCC=CCCCCCCO. The Labute approximate surface area is 112 Å². The van der Waals surface area contributed by atoms with E-state index < -0.39 is 5.97 Å². The predicted octanol–water partition coefficient (Wildman–Crippen LogP) is 4.16. The molecule has 0 aromatic heterocycles. The van der Waals surface area contributed by atoms with Gasteiger partial charge in [-0.3, -0.25) is 4.79 Å². The Morgan fingerprint density at radius 3 is 1.83 bits per heavy atom. The van der Waals surface area contributed by atoms with Gasteiger partial charge in [0.15, 0.2) is 0 Å². The first kappa shape index (κ1) is 19.5. The molecule has 0 spiro atoms. The van der Waals surface area contributed by atoms with Crippen molar-refractivity contribution in [2.45, 2.75) is 71.6 Å². The summed E-state index contributed by atoms with van der Waals surface area (Å²) >= 11 is 0. The van der Waals surface area contributed by atoms with E-state index in [0.717, 1.165) is 13.3 Å². The number of hydrogen-bond donors (Lipinski definition) is 2. The van der Waals surface area contributed by atoms with E-state index in [-0.39, 0.29) is 0 Å². The molecule has 0 aliphatic carbocycles. The first-order valence-corrected chi connectivity index (χ1v) is 7.10. The number of hydrogen-bond acceptors (Lipinski definition) is 2. The summed E-state index contributed by atoms with van der Waals surface area (Å²) in [6.07, 6.45) is 15.8. The molecule has 2 N–H and O–H groups in total. The lowest BCUT2D eigenvalue weighted by atomic mass is 10.1. The van der Waals surface area contributed by atoms with Gasteiger partial charge in [-0.05, 0) is 32.1 Å². The maximum Gasteiger partial charge on any atom is 0.300 e. The average Bonchev–Trinajstić information content (AvgIpc) is 2.31. The molecule has 0 saturated heterocycles. The number of carboxylic acids is 1. The van der Waals surface area contributed by atoms with Crippen molar-refractivity contribution in [1.29, 1.82) is 0 Å². The van der Waals surface area contributed by atoms with Crippen molar-refractivity contribution in [2.24, 2.45) is 0 Å². The smallest absolute Gasteiger partial charge is 0.300 e. The zero-order chi connectivity index (χ0) is 14.1. The van der Waals surface area contributed by atoms with Gasteiger partial charge in [-0.15, -0.1) is 0 Å². The van der Waals surface area contributed by atoms with Gasteiger partial charge in [-0.25, -0.2) is 0 Å². The summed E-state index contributed by atoms with van der Waals surface area (Å²) in [5.74, 6) is -0.833. The number of unbranched alkanes of at least 4 members (excludes halogenated alkanes) is 7. The van der Waals surface area contributed by atoms with Crippen LogP contribution in [0.3, 0.4) is 0 Å². The third kappa shape index (κ3) is 29.4. The fourth-order valence-electron chi connectivity index (χ4n) is 1.48. The van der Waals surface area contributed by atoms with E-state index in [1.165, 1.54) is 51.4 Å². The van der Waals surface area contributed by atoms with Crippen LogP contribution in [-0.2, 0) is 4.79 Å². The zero-order valence-corrected chi connectivity index (χ0v) is 12.0. The molecule has 0 saturated carbocycles. The van der Waals surface area contributed by atoms with Gasteiger partial charge in [0.25, 0.3) is 5.97 Å². The van der Waals surface area contributed by atoms with Crippen LogP contribution in [0.15, 0.2) is 12.2 Å². The van der Waals surface area contributed by atoms with Crippen molar-refractivity contribution in [3.8, 4) is 0 Å². The third-order valence-corrected chi connectivity index (χ3v) is 2.42. The molecular formula is C15H30O3. The van der Waals surface area contributed by atoms with E-state index in [4.69, 9.17) is 15.0 Å². The quantitative estimate of drug-likeness (QED) is 0.457. The molecule has 0 aliphatic rings. The molecule has 0 atom stereocenters. The molecule has 0 bridgehead atoms. The highest BCUT2D eigenvalue weighted by Crippen LogP contribution is 2.05. The summed E-state index contributed by atoms with van der Waals surface area (Å²) < 4.78 is 0. The number of rotatable bonds is 10. The van der Waals surface area contributed by atoms with Crippen molar-refractivity contribution in [3.63, 3.8) is 0 Å². The maximum absolute atomic E-state index is 9.00. The van der Waals surface area contributed by atoms with E-state index in [1.54, 1.807) is 0 Å². The topological polar surface area (TPSA) is 57.5 Å². The van der Waals surface area contributed by atoms with Crippen LogP contribution in [0.1, 0.15) is 71.6 Å². The minimum absolute atomic E-state index is 0.354. The predicted molar refractivity (Wildman–Crippen MR) is 76.8 cm³/mol. The number of carbonyl (C=O) groups is 1. The second-order valence-corrected chi connectivity index (χ2v) is 4.41. The summed E-state index contributed by atoms with van der Waals surface area (Å²) in [7, 11) is 0. The van der Waals surface area contributed by atoms with Crippen LogP contribution in [0.5, 0.6) is 0 Å². The fourth-order valence-corrected chi connectivity index (χ4v) is 1.48. The third-order valence-electron chi connectivity index (χ3n) is 2.42. The molecule has 0 aliphatic heterocycles. The standard InChI is InChI=1S/C13H26O.C2H4O2/c1-2-3-4-5-6-7-8-9-10-11-12-13-14;1-2(3)4/h6-7,14H,2-5,8-13H2,1H3;1H3,(H,3,4). The molecule has 0 aromatic carbocycles. The first-order chi connectivity index (χ1) is 8.65. The second kappa shape index (κ2) is 18.5. The van der Waals surface area contributed by atoms with Crippen molar-refractivity contribution in [1.82, 2.24) is 0 Å². The van der Waals surface area contributed by atoms with E-state index in [9.17, 15) is 0 Å². The van der Waals surface area contributed by atoms with Crippen LogP contribution in [0.4, 0.5) is 0 Å². The van der Waals surface area contributed by atoms with Gasteiger partial charge in [0, 0.05) is 13.5 Å². The van der Waals surface area contributed by atoms with Crippen molar-refractivity contribution < 1.29 is 15.0 Å². The number of aliphatic carboxylic acids is 1. The highest BCUT2D eigenvalue weighted by molar-refractivity contribution is 5.62. The summed E-state index contributed by atoms with van der Waals surface area (Å²) in [4.78, 5) is 9.00. The lowest BCUT2D eigenvalue weighted by molar-refractivity contribution is -0.134. The van der Waals surface area contributed by atoms with Crippen LogP contribution in [0.2, 0.25) is 0 Å². The van der Waals surface area contributed by atoms with E-state index >= 15 is 0 Å².